The summed E-state index contributed by atoms with van der Waals surface area (Å²) in [6, 6.07) is 7.10. The van der Waals surface area contributed by atoms with Gasteiger partial charge in [0.2, 0.25) is 0 Å². The average Bonchev–Trinajstić information content (AvgIpc) is 3.01. The maximum atomic E-state index is 12.0. The molecule has 2 atom stereocenters. The molecule has 0 radical (unpaired) electrons. The molecular formula is C17H25ClN2O3. The van der Waals surface area contributed by atoms with Crippen molar-refractivity contribution in [1.29, 1.82) is 0 Å². The molecule has 0 aromatic heterocycles. The lowest BCUT2D eigenvalue weighted by Crippen LogP contribution is -2.34. The maximum Gasteiger partial charge on any atom is 0.253 e. The molecule has 0 saturated carbocycles. The van der Waals surface area contributed by atoms with Crippen molar-refractivity contribution in [3.63, 3.8) is 0 Å². The van der Waals surface area contributed by atoms with Crippen LogP contribution < -0.4 is 5.32 Å². The number of carbonyl (C=O) groups is 1. The van der Waals surface area contributed by atoms with Crippen LogP contribution in [-0.2, 0) is 4.79 Å². The highest BCUT2D eigenvalue weighted by Crippen LogP contribution is 2.22. The van der Waals surface area contributed by atoms with Crippen LogP contribution in [0.15, 0.2) is 24.3 Å². The van der Waals surface area contributed by atoms with Crippen LogP contribution in [0.5, 0.6) is 0 Å². The first kappa shape index (κ1) is 18.2. The van der Waals surface area contributed by atoms with Crippen molar-refractivity contribution < 1.29 is 15.0 Å². The van der Waals surface area contributed by atoms with E-state index in [2.05, 4.69) is 10.2 Å². The monoisotopic (exact) mass is 340 g/mol. The number of benzene rings is 1. The number of hydrogen-bond acceptors (Lipinski definition) is 4. The molecule has 3 N–H and O–H groups in total. The largest absolute Gasteiger partial charge is 0.395 e. The number of hydrogen-bond donors (Lipinski definition) is 3. The molecule has 1 aliphatic heterocycles. The Morgan fingerprint density at radius 2 is 2.17 bits per heavy atom. The first-order valence-corrected chi connectivity index (χ1v) is 8.56. The number of aliphatic hydroxyl groups is 2. The smallest absolute Gasteiger partial charge is 0.253 e. The zero-order valence-corrected chi connectivity index (χ0v) is 14.0. The fourth-order valence-corrected chi connectivity index (χ4v) is 3.22. The van der Waals surface area contributed by atoms with Gasteiger partial charge in [0.15, 0.2) is 6.10 Å². The molecule has 5 nitrogen and oxygen atoms in total. The molecule has 1 aromatic carbocycles. The van der Waals surface area contributed by atoms with Crippen LogP contribution in [0, 0.1) is 0 Å². The summed E-state index contributed by atoms with van der Waals surface area (Å²) in [6.45, 7) is 2.73. The minimum Gasteiger partial charge on any atom is -0.395 e. The number of rotatable bonds is 8. The van der Waals surface area contributed by atoms with Crippen molar-refractivity contribution in [1.82, 2.24) is 10.2 Å². The van der Waals surface area contributed by atoms with E-state index in [0.29, 0.717) is 23.2 Å². The van der Waals surface area contributed by atoms with Crippen molar-refractivity contribution in [3.05, 3.63) is 34.9 Å². The van der Waals surface area contributed by atoms with Crippen LogP contribution in [0.1, 0.15) is 37.4 Å². The Kier molecular flexibility index (Phi) is 7.30. The third-order valence-electron chi connectivity index (χ3n) is 4.33. The van der Waals surface area contributed by atoms with Crippen LogP contribution in [0.4, 0.5) is 0 Å². The summed E-state index contributed by atoms with van der Waals surface area (Å²) in [5, 5.41) is 22.4. The summed E-state index contributed by atoms with van der Waals surface area (Å²) >= 11 is 5.98. The van der Waals surface area contributed by atoms with Gasteiger partial charge >= 0.3 is 0 Å². The second kappa shape index (κ2) is 9.23. The van der Waals surface area contributed by atoms with E-state index in [0.717, 1.165) is 38.8 Å². The molecule has 0 bridgehead atoms. The Bertz CT molecular complexity index is 512. The van der Waals surface area contributed by atoms with Gasteiger partial charge in [-0.25, -0.2) is 0 Å². The van der Waals surface area contributed by atoms with E-state index in [1.807, 2.05) is 0 Å². The zero-order chi connectivity index (χ0) is 16.7. The molecule has 1 unspecified atom stereocenters. The van der Waals surface area contributed by atoms with Crippen LogP contribution in [-0.4, -0.2) is 53.3 Å². The predicted molar refractivity (Wildman–Crippen MR) is 90.3 cm³/mol. The van der Waals surface area contributed by atoms with Gasteiger partial charge in [-0.05, 0) is 44.8 Å². The average molecular weight is 341 g/mol. The van der Waals surface area contributed by atoms with E-state index >= 15 is 0 Å². The first-order valence-electron chi connectivity index (χ1n) is 8.18. The minimum absolute atomic E-state index is 0.223. The molecule has 0 aliphatic carbocycles. The summed E-state index contributed by atoms with van der Waals surface area (Å²) in [6.07, 6.45) is 2.78. The summed E-state index contributed by atoms with van der Waals surface area (Å²) in [5.41, 5.74) is 0.425. The number of nitrogens with zero attached hydrogens (tertiary/aromatic N) is 1. The third kappa shape index (κ3) is 5.18. The Morgan fingerprint density at radius 3 is 2.91 bits per heavy atom. The summed E-state index contributed by atoms with van der Waals surface area (Å²) in [7, 11) is 0. The second-order valence-electron chi connectivity index (χ2n) is 5.94. The normalized spacial score (nSPS) is 19.7. The van der Waals surface area contributed by atoms with E-state index in [9.17, 15) is 15.0 Å². The molecule has 1 fully saturated rings. The highest BCUT2D eigenvalue weighted by Gasteiger charge is 2.23. The van der Waals surface area contributed by atoms with Gasteiger partial charge in [-0.3, -0.25) is 9.69 Å². The zero-order valence-electron chi connectivity index (χ0n) is 13.2. The van der Waals surface area contributed by atoms with Gasteiger partial charge in [0, 0.05) is 23.2 Å². The lowest BCUT2D eigenvalue weighted by Gasteiger charge is -2.22. The topological polar surface area (TPSA) is 72.8 Å². The van der Waals surface area contributed by atoms with Gasteiger partial charge in [0.25, 0.3) is 5.91 Å². The Morgan fingerprint density at radius 1 is 1.39 bits per heavy atom. The lowest BCUT2D eigenvalue weighted by atomic mass is 10.1. The van der Waals surface area contributed by atoms with Crippen molar-refractivity contribution >= 4 is 17.5 Å². The Balaban J connectivity index is 1.66. The van der Waals surface area contributed by atoms with Gasteiger partial charge in [0.05, 0.1) is 6.61 Å². The van der Waals surface area contributed by atoms with Gasteiger partial charge in [0.1, 0.15) is 0 Å². The van der Waals surface area contributed by atoms with Gasteiger partial charge < -0.3 is 15.5 Å². The summed E-state index contributed by atoms with van der Waals surface area (Å²) in [5.74, 6) is -0.424. The van der Waals surface area contributed by atoms with Crippen molar-refractivity contribution in [2.45, 2.75) is 37.8 Å². The number of aliphatic hydroxyl groups excluding tert-OH is 2. The molecular weight excluding hydrogens is 316 g/mol. The van der Waals surface area contributed by atoms with E-state index < -0.39 is 12.0 Å². The predicted octanol–water partition coefficient (Wildman–Crippen LogP) is 1.73. The van der Waals surface area contributed by atoms with Crippen LogP contribution in [0.25, 0.3) is 0 Å². The standard InChI is InChI=1S/C17H25ClN2O3/c18-15-8-2-1-7-14(15)16(22)17(23)19-9-3-4-10-20-11-5-6-13(20)12-21/h1-2,7-8,13,16,21-22H,3-6,9-12H2,(H,19,23)/t13?,16-/m1/s1. The SMILES string of the molecule is O=C(NCCCCN1CCCC1CO)[C@H](O)c1ccccc1Cl. The van der Waals surface area contributed by atoms with Crippen LogP contribution in [0.2, 0.25) is 5.02 Å². The number of halogens is 1. The van der Waals surface area contributed by atoms with Gasteiger partial charge in [-0.1, -0.05) is 29.8 Å². The quantitative estimate of drug-likeness (QED) is 0.630. The molecule has 1 aromatic rings. The van der Waals surface area contributed by atoms with Crippen molar-refractivity contribution in [2.75, 3.05) is 26.2 Å². The fraction of sp³-hybridized carbons (Fsp3) is 0.588. The molecule has 1 aliphatic rings. The summed E-state index contributed by atoms with van der Waals surface area (Å²) in [4.78, 5) is 14.3. The second-order valence-corrected chi connectivity index (χ2v) is 6.34. The Labute approximate surface area is 142 Å². The van der Waals surface area contributed by atoms with E-state index in [-0.39, 0.29) is 6.61 Å². The molecule has 2 rings (SSSR count). The molecule has 23 heavy (non-hydrogen) atoms. The molecule has 6 heteroatoms. The number of likely N-dealkylation sites (tertiary alicyclic amines) is 1. The third-order valence-corrected chi connectivity index (χ3v) is 4.67. The van der Waals surface area contributed by atoms with Crippen molar-refractivity contribution in [3.8, 4) is 0 Å². The maximum absolute atomic E-state index is 12.0. The Hall–Kier alpha value is -1.14. The van der Waals surface area contributed by atoms with Gasteiger partial charge in [-0.15, -0.1) is 0 Å². The number of nitrogens with one attached hydrogen (secondary N) is 1. The highest BCUT2D eigenvalue weighted by atomic mass is 35.5. The van der Waals surface area contributed by atoms with Crippen LogP contribution in [0.3, 0.4) is 0 Å². The molecule has 128 valence electrons. The first-order chi connectivity index (χ1) is 11.1. The summed E-state index contributed by atoms with van der Waals surface area (Å²) < 4.78 is 0. The fourth-order valence-electron chi connectivity index (χ4n) is 2.98. The minimum atomic E-state index is -1.24. The highest BCUT2D eigenvalue weighted by molar-refractivity contribution is 6.31. The molecule has 0 spiro atoms. The number of unbranched alkanes of at least 4 members (excludes halogenated alkanes) is 1. The van der Waals surface area contributed by atoms with E-state index in [1.165, 1.54) is 0 Å². The lowest BCUT2D eigenvalue weighted by molar-refractivity contribution is -0.129. The van der Waals surface area contributed by atoms with Crippen molar-refractivity contribution in [2.24, 2.45) is 0 Å². The van der Waals surface area contributed by atoms with Gasteiger partial charge in [-0.2, -0.15) is 0 Å². The van der Waals surface area contributed by atoms with E-state index in [4.69, 9.17) is 11.6 Å². The van der Waals surface area contributed by atoms with Crippen LogP contribution >= 0.6 is 11.6 Å². The molecule has 1 saturated heterocycles. The number of carbonyl (C=O) groups excluding carboxylic acids is 1. The number of amides is 1. The van der Waals surface area contributed by atoms with E-state index in [1.54, 1.807) is 24.3 Å². The molecule has 1 heterocycles. The molecule has 1 amide bonds.